The number of nitrogens with zero attached hydrogens (tertiary/aromatic N) is 1. The highest BCUT2D eigenvalue weighted by Gasteiger charge is 2.11. The molecule has 0 fully saturated rings. The molecule has 3 aromatic rings. The van der Waals surface area contributed by atoms with Gasteiger partial charge in [-0.05, 0) is 12.1 Å². The maximum absolute atomic E-state index is 11.9. The number of hydrogen-bond acceptors (Lipinski definition) is 3. The van der Waals surface area contributed by atoms with Crippen LogP contribution in [-0.4, -0.2) is 15.0 Å². The third-order valence-corrected chi connectivity index (χ3v) is 3.13. The maximum Gasteiger partial charge on any atom is 0.327 e. The van der Waals surface area contributed by atoms with Crippen molar-refractivity contribution < 1.29 is 0 Å². The number of halogens is 1. The van der Waals surface area contributed by atoms with Crippen molar-refractivity contribution in [3.8, 4) is 11.1 Å². The van der Waals surface area contributed by atoms with Gasteiger partial charge in [-0.15, -0.1) is 0 Å². The van der Waals surface area contributed by atoms with Crippen molar-refractivity contribution >= 4 is 22.6 Å². The number of benzene rings is 1. The quantitative estimate of drug-likeness (QED) is 0.711. The third kappa shape index (κ3) is 1.94. The lowest BCUT2D eigenvalue weighted by atomic mass is 10.0. The molecular formula is C13H8ClN3O2. The molecule has 0 spiro atoms. The largest absolute Gasteiger partial charge is 0.327 e. The Morgan fingerprint density at radius 3 is 2.58 bits per heavy atom. The zero-order valence-electron chi connectivity index (χ0n) is 9.61. The summed E-state index contributed by atoms with van der Waals surface area (Å²) in [6, 6.07) is 8.87. The van der Waals surface area contributed by atoms with Crippen LogP contribution in [0.1, 0.15) is 0 Å². The predicted molar refractivity (Wildman–Crippen MR) is 73.4 cm³/mol. The molecular weight excluding hydrogens is 266 g/mol. The van der Waals surface area contributed by atoms with Crippen molar-refractivity contribution in [2.24, 2.45) is 0 Å². The van der Waals surface area contributed by atoms with Crippen LogP contribution in [-0.2, 0) is 0 Å². The van der Waals surface area contributed by atoms with Crippen molar-refractivity contribution in [3.05, 3.63) is 62.4 Å². The van der Waals surface area contributed by atoms with E-state index in [1.54, 1.807) is 18.2 Å². The number of rotatable bonds is 1. The zero-order valence-corrected chi connectivity index (χ0v) is 10.4. The number of pyridine rings is 1. The first-order valence-corrected chi connectivity index (χ1v) is 5.91. The van der Waals surface area contributed by atoms with Gasteiger partial charge in [-0.2, -0.15) is 0 Å². The molecule has 6 heteroatoms. The van der Waals surface area contributed by atoms with Crippen LogP contribution in [0, 0.1) is 0 Å². The molecule has 0 unspecified atom stereocenters. The first kappa shape index (κ1) is 11.7. The highest BCUT2D eigenvalue weighted by molar-refractivity contribution is 6.33. The molecule has 19 heavy (non-hydrogen) atoms. The second-order valence-electron chi connectivity index (χ2n) is 3.97. The number of aromatic amines is 2. The Hall–Kier alpha value is -2.40. The van der Waals surface area contributed by atoms with E-state index in [0.717, 1.165) is 0 Å². The highest BCUT2D eigenvalue weighted by atomic mass is 35.5. The van der Waals surface area contributed by atoms with Crippen LogP contribution in [0.15, 0.2) is 46.1 Å². The number of nitrogens with one attached hydrogen (secondary N) is 2. The summed E-state index contributed by atoms with van der Waals surface area (Å²) in [6.45, 7) is 0. The van der Waals surface area contributed by atoms with E-state index in [1.165, 1.54) is 6.20 Å². The van der Waals surface area contributed by atoms with Crippen molar-refractivity contribution in [2.45, 2.75) is 0 Å². The van der Waals surface area contributed by atoms with E-state index in [9.17, 15) is 9.59 Å². The average Bonchev–Trinajstić information content (AvgIpc) is 2.38. The summed E-state index contributed by atoms with van der Waals surface area (Å²) in [4.78, 5) is 31.9. The Morgan fingerprint density at radius 2 is 1.79 bits per heavy atom. The molecule has 0 atom stereocenters. The average molecular weight is 274 g/mol. The second kappa shape index (κ2) is 4.37. The Labute approximate surface area is 111 Å². The van der Waals surface area contributed by atoms with Gasteiger partial charge in [0.2, 0.25) is 0 Å². The highest BCUT2D eigenvalue weighted by Crippen LogP contribution is 2.30. The molecule has 3 rings (SSSR count). The Morgan fingerprint density at radius 1 is 1.00 bits per heavy atom. The molecule has 0 amide bonds. The summed E-state index contributed by atoms with van der Waals surface area (Å²) < 4.78 is 0. The standard InChI is InChI=1S/C13H8ClN3O2/c14-9-4-2-1-3-7(9)8-5-6-15-11-10(8)12(18)17-13(19)16-11/h1-6H,(H2,15,16,17,18,19). The minimum absolute atomic E-state index is 0.242. The van der Waals surface area contributed by atoms with Crippen LogP contribution in [0.2, 0.25) is 5.02 Å². The fourth-order valence-corrected chi connectivity index (χ4v) is 2.23. The molecule has 1 aromatic carbocycles. The van der Waals surface area contributed by atoms with Crippen LogP contribution in [0.4, 0.5) is 0 Å². The molecule has 0 aliphatic heterocycles. The third-order valence-electron chi connectivity index (χ3n) is 2.80. The Kier molecular flexibility index (Phi) is 2.68. The van der Waals surface area contributed by atoms with E-state index in [2.05, 4.69) is 15.0 Å². The lowest BCUT2D eigenvalue weighted by molar-refractivity contribution is 1.06. The molecule has 0 aliphatic carbocycles. The lowest BCUT2D eigenvalue weighted by Gasteiger charge is -2.06. The second-order valence-corrected chi connectivity index (χ2v) is 4.38. The van der Waals surface area contributed by atoms with Crippen LogP contribution in [0.25, 0.3) is 22.2 Å². The van der Waals surface area contributed by atoms with Gasteiger partial charge in [0.15, 0.2) is 0 Å². The predicted octanol–water partition coefficient (Wildman–Crippen LogP) is 1.93. The van der Waals surface area contributed by atoms with E-state index in [-0.39, 0.29) is 5.65 Å². The number of H-pyrrole nitrogens is 2. The van der Waals surface area contributed by atoms with Gasteiger partial charge in [0.1, 0.15) is 5.65 Å². The molecule has 0 radical (unpaired) electrons. The summed E-state index contributed by atoms with van der Waals surface area (Å²) >= 11 is 6.14. The van der Waals surface area contributed by atoms with Gasteiger partial charge in [-0.1, -0.05) is 29.8 Å². The molecule has 0 bridgehead atoms. The van der Waals surface area contributed by atoms with Crippen molar-refractivity contribution in [2.75, 3.05) is 0 Å². The van der Waals surface area contributed by atoms with Crippen LogP contribution in [0.5, 0.6) is 0 Å². The summed E-state index contributed by atoms with van der Waals surface area (Å²) in [7, 11) is 0. The normalized spacial score (nSPS) is 10.8. The topological polar surface area (TPSA) is 78.6 Å². The number of aromatic nitrogens is 3. The summed E-state index contributed by atoms with van der Waals surface area (Å²) in [6.07, 6.45) is 1.52. The number of hydrogen-bond donors (Lipinski definition) is 2. The van der Waals surface area contributed by atoms with Gasteiger partial charge >= 0.3 is 5.69 Å². The lowest BCUT2D eigenvalue weighted by Crippen LogP contribution is -2.22. The van der Waals surface area contributed by atoms with Gasteiger partial charge in [0.25, 0.3) is 5.56 Å². The SMILES string of the molecule is O=c1[nH]c(=O)c2c(-c3ccccc3Cl)ccnc2[nH]1. The van der Waals surface area contributed by atoms with E-state index >= 15 is 0 Å². The minimum atomic E-state index is -0.582. The molecule has 2 heterocycles. The van der Waals surface area contributed by atoms with E-state index < -0.39 is 11.2 Å². The van der Waals surface area contributed by atoms with E-state index in [1.807, 2.05) is 12.1 Å². The first-order valence-electron chi connectivity index (χ1n) is 5.53. The van der Waals surface area contributed by atoms with Gasteiger partial charge < -0.3 is 0 Å². The summed E-state index contributed by atoms with van der Waals surface area (Å²) in [5.41, 5.74) is 0.525. The zero-order chi connectivity index (χ0) is 13.4. The monoisotopic (exact) mass is 273 g/mol. The van der Waals surface area contributed by atoms with Gasteiger partial charge in [-0.3, -0.25) is 14.8 Å². The van der Waals surface area contributed by atoms with Crippen LogP contribution < -0.4 is 11.2 Å². The minimum Gasteiger partial charge on any atom is -0.291 e. The molecule has 0 saturated heterocycles. The van der Waals surface area contributed by atoms with E-state index in [4.69, 9.17) is 11.6 Å². The Bertz CT molecular complexity index is 883. The number of fused-ring (bicyclic) bond motifs is 1. The summed E-state index contributed by atoms with van der Waals surface area (Å²) in [5, 5.41) is 0.843. The first-order chi connectivity index (χ1) is 9.16. The van der Waals surface area contributed by atoms with Crippen molar-refractivity contribution in [1.82, 2.24) is 15.0 Å². The molecule has 0 aliphatic rings. The summed E-state index contributed by atoms with van der Waals surface area (Å²) in [5.74, 6) is 0. The maximum atomic E-state index is 11.9. The Balaban J connectivity index is 2.47. The fraction of sp³-hybridized carbons (Fsp3) is 0. The van der Waals surface area contributed by atoms with Crippen molar-refractivity contribution in [1.29, 1.82) is 0 Å². The molecule has 2 aromatic heterocycles. The molecule has 0 saturated carbocycles. The van der Waals surface area contributed by atoms with E-state index in [0.29, 0.717) is 21.5 Å². The van der Waals surface area contributed by atoms with Gasteiger partial charge in [-0.25, -0.2) is 9.78 Å². The molecule has 2 N–H and O–H groups in total. The smallest absolute Gasteiger partial charge is 0.291 e. The molecule has 5 nitrogen and oxygen atoms in total. The fourth-order valence-electron chi connectivity index (χ4n) is 1.99. The van der Waals surface area contributed by atoms with Crippen LogP contribution >= 0.6 is 11.6 Å². The van der Waals surface area contributed by atoms with Crippen molar-refractivity contribution in [3.63, 3.8) is 0 Å². The van der Waals surface area contributed by atoms with Crippen LogP contribution in [0.3, 0.4) is 0 Å². The van der Waals surface area contributed by atoms with Gasteiger partial charge in [0, 0.05) is 22.3 Å². The molecule has 94 valence electrons. The van der Waals surface area contributed by atoms with Gasteiger partial charge in [0.05, 0.1) is 5.39 Å².